The topological polar surface area (TPSA) is 77.2 Å². The largest absolute Gasteiger partial charge is 0.497 e. The number of pyridine rings is 1. The second-order valence-electron chi connectivity index (χ2n) is 5.68. The number of hydrogen-bond acceptors (Lipinski definition) is 5. The van der Waals surface area contributed by atoms with Crippen LogP contribution in [0, 0.1) is 0 Å². The number of methoxy groups -OCH3 is 1. The first-order valence-electron chi connectivity index (χ1n) is 7.79. The maximum absolute atomic E-state index is 12.7. The highest BCUT2D eigenvalue weighted by Crippen LogP contribution is 2.36. The van der Waals surface area contributed by atoms with Crippen LogP contribution in [0.15, 0.2) is 48.5 Å². The van der Waals surface area contributed by atoms with E-state index in [2.05, 4.69) is 10.3 Å². The number of fused-ring (bicyclic) bond motifs is 2. The van der Waals surface area contributed by atoms with Crippen molar-refractivity contribution < 1.29 is 9.53 Å². The molecule has 0 saturated carbocycles. The average Bonchev–Trinajstić information content (AvgIpc) is 2.97. The van der Waals surface area contributed by atoms with Crippen molar-refractivity contribution in [2.24, 2.45) is 0 Å². The number of ether oxygens (including phenoxy) is 1. The van der Waals surface area contributed by atoms with Crippen molar-refractivity contribution in [2.45, 2.75) is 0 Å². The van der Waals surface area contributed by atoms with E-state index in [1.54, 1.807) is 31.4 Å². The number of anilines is 2. The van der Waals surface area contributed by atoms with Crippen molar-refractivity contribution in [3.63, 3.8) is 0 Å². The summed E-state index contributed by atoms with van der Waals surface area (Å²) in [5.74, 6) is 0.422. The van der Waals surface area contributed by atoms with E-state index < -0.39 is 0 Å². The lowest BCUT2D eigenvalue weighted by Crippen LogP contribution is -2.12. The molecule has 0 aliphatic rings. The predicted molar refractivity (Wildman–Crippen MR) is 107 cm³/mol. The van der Waals surface area contributed by atoms with Gasteiger partial charge >= 0.3 is 0 Å². The Morgan fingerprint density at radius 1 is 1.23 bits per heavy atom. The summed E-state index contributed by atoms with van der Waals surface area (Å²) in [4.78, 5) is 18.4. The lowest BCUT2D eigenvalue weighted by molar-refractivity contribution is 0.103. The Labute approximate surface area is 158 Å². The zero-order valence-electron chi connectivity index (χ0n) is 13.7. The van der Waals surface area contributed by atoms with Gasteiger partial charge in [-0.3, -0.25) is 4.79 Å². The normalized spacial score (nSPS) is 11.0. The minimum Gasteiger partial charge on any atom is -0.497 e. The minimum atomic E-state index is -0.305. The Bertz CT molecular complexity index is 1160. The van der Waals surface area contributed by atoms with Crippen LogP contribution in [-0.4, -0.2) is 18.0 Å². The number of carbonyl (C=O) groups excluding carboxylic acids is 1. The van der Waals surface area contributed by atoms with Gasteiger partial charge in [0.15, 0.2) is 0 Å². The van der Waals surface area contributed by atoms with Crippen LogP contribution in [0.25, 0.3) is 21.1 Å². The molecule has 4 rings (SSSR count). The van der Waals surface area contributed by atoms with Gasteiger partial charge in [0.05, 0.1) is 29.0 Å². The fourth-order valence-electron chi connectivity index (χ4n) is 2.71. The number of hydrogen-bond donors (Lipinski definition) is 2. The molecule has 0 radical (unpaired) electrons. The van der Waals surface area contributed by atoms with Crippen molar-refractivity contribution in [1.82, 2.24) is 4.98 Å². The summed E-state index contributed by atoms with van der Waals surface area (Å²) >= 11 is 7.36. The molecule has 5 nitrogen and oxygen atoms in total. The Morgan fingerprint density at radius 3 is 2.81 bits per heavy atom. The molecule has 2 aromatic heterocycles. The Morgan fingerprint density at radius 2 is 2.04 bits per heavy atom. The summed E-state index contributed by atoms with van der Waals surface area (Å²) in [6, 6.07) is 14.6. The maximum atomic E-state index is 12.7. The number of nitrogens with two attached hydrogens (primary N) is 1. The number of para-hydroxylation sites is 1. The monoisotopic (exact) mass is 383 g/mol. The molecule has 0 aliphatic heterocycles. The SMILES string of the molecule is COc1ccc2cc3c(N)c(C(=O)Nc4ccccc4Cl)sc3nc2c1. The van der Waals surface area contributed by atoms with Crippen molar-refractivity contribution in [1.29, 1.82) is 0 Å². The fraction of sp³-hybridized carbons (Fsp3) is 0.0526. The molecular weight excluding hydrogens is 370 g/mol. The molecule has 2 aromatic carbocycles. The van der Waals surface area contributed by atoms with Crippen LogP contribution in [0.5, 0.6) is 5.75 Å². The van der Waals surface area contributed by atoms with Gasteiger partial charge in [-0.1, -0.05) is 23.7 Å². The minimum absolute atomic E-state index is 0.305. The molecule has 0 fully saturated rings. The second kappa shape index (κ2) is 6.48. The standard InChI is InChI=1S/C19H14ClN3O2S/c1-25-11-7-6-10-8-12-16(21)17(26-19(12)23-15(10)9-11)18(24)22-14-5-3-2-4-13(14)20/h2-9H,21H2,1H3,(H,22,24). The number of halogens is 1. The molecule has 0 atom stereocenters. The van der Waals surface area contributed by atoms with Gasteiger partial charge in [-0.05, 0) is 30.3 Å². The van der Waals surface area contributed by atoms with Crippen LogP contribution in [0.2, 0.25) is 5.02 Å². The molecule has 3 N–H and O–H groups in total. The van der Waals surface area contributed by atoms with Crippen molar-refractivity contribution in [2.75, 3.05) is 18.2 Å². The van der Waals surface area contributed by atoms with Crippen LogP contribution in [0.3, 0.4) is 0 Å². The predicted octanol–water partition coefficient (Wildman–Crippen LogP) is 4.95. The maximum Gasteiger partial charge on any atom is 0.267 e. The third-order valence-electron chi connectivity index (χ3n) is 4.05. The molecule has 0 aliphatic carbocycles. The molecule has 0 spiro atoms. The Balaban J connectivity index is 1.78. The van der Waals surface area contributed by atoms with Crippen LogP contribution >= 0.6 is 22.9 Å². The smallest absolute Gasteiger partial charge is 0.267 e. The number of amides is 1. The van der Waals surface area contributed by atoms with Gasteiger partial charge in [0.25, 0.3) is 5.91 Å². The number of nitrogens with one attached hydrogen (secondary N) is 1. The van der Waals surface area contributed by atoms with E-state index in [4.69, 9.17) is 22.1 Å². The lowest BCUT2D eigenvalue weighted by atomic mass is 10.1. The van der Waals surface area contributed by atoms with Crippen LogP contribution in [0.4, 0.5) is 11.4 Å². The highest BCUT2D eigenvalue weighted by Gasteiger charge is 2.19. The second-order valence-corrected chi connectivity index (χ2v) is 7.08. The third kappa shape index (κ3) is 2.83. The molecular formula is C19H14ClN3O2S. The number of aromatic nitrogens is 1. The number of rotatable bonds is 3. The molecule has 4 aromatic rings. The van der Waals surface area contributed by atoms with Gasteiger partial charge in [-0.2, -0.15) is 0 Å². The first kappa shape index (κ1) is 16.6. The Kier molecular flexibility index (Phi) is 4.14. The molecule has 1 amide bonds. The summed E-state index contributed by atoms with van der Waals surface area (Å²) in [5, 5.41) is 4.96. The summed E-state index contributed by atoms with van der Waals surface area (Å²) in [6.45, 7) is 0. The number of thiophene rings is 1. The van der Waals surface area contributed by atoms with Gasteiger partial charge in [-0.15, -0.1) is 11.3 Å². The molecule has 2 heterocycles. The molecule has 0 bridgehead atoms. The van der Waals surface area contributed by atoms with E-state index >= 15 is 0 Å². The summed E-state index contributed by atoms with van der Waals surface area (Å²) in [5.41, 5.74) is 7.98. The van der Waals surface area contributed by atoms with Crippen LogP contribution in [-0.2, 0) is 0 Å². The van der Waals surface area contributed by atoms with E-state index in [1.165, 1.54) is 11.3 Å². The van der Waals surface area contributed by atoms with Gasteiger partial charge in [0.1, 0.15) is 15.5 Å². The number of carbonyl (C=O) groups is 1. The average molecular weight is 384 g/mol. The molecule has 0 unspecified atom stereocenters. The van der Waals surface area contributed by atoms with E-state index in [-0.39, 0.29) is 5.91 Å². The zero-order chi connectivity index (χ0) is 18.3. The fourth-order valence-corrected chi connectivity index (χ4v) is 3.87. The Hall–Kier alpha value is -2.83. The molecule has 0 saturated heterocycles. The highest BCUT2D eigenvalue weighted by atomic mass is 35.5. The number of nitrogen functional groups attached to an aromatic ring is 1. The van der Waals surface area contributed by atoms with Crippen molar-refractivity contribution in [3.8, 4) is 5.75 Å². The lowest BCUT2D eigenvalue weighted by Gasteiger charge is -2.06. The quantitative estimate of drug-likeness (QED) is 0.525. The molecule has 7 heteroatoms. The first-order valence-corrected chi connectivity index (χ1v) is 8.99. The summed E-state index contributed by atoms with van der Waals surface area (Å²) < 4.78 is 5.24. The summed E-state index contributed by atoms with van der Waals surface area (Å²) in [7, 11) is 1.61. The summed E-state index contributed by atoms with van der Waals surface area (Å²) in [6.07, 6.45) is 0. The third-order valence-corrected chi connectivity index (χ3v) is 5.50. The molecule has 130 valence electrons. The van der Waals surface area contributed by atoms with Crippen LogP contribution < -0.4 is 15.8 Å². The zero-order valence-corrected chi connectivity index (χ0v) is 15.3. The van der Waals surface area contributed by atoms with E-state index in [9.17, 15) is 4.79 Å². The van der Waals surface area contributed by atoms with E-state index in [0.717, 1.165) is 22.0 Å². The van der Waals surface area contributed by atoms with Crippen molar-refractivity contribution in [3.05, 3.63) is 58.4 Å². The van der Waals surface area contributed by atoms with Gasteiger partial charge in [0.2, 0.25) is 0 Å². The van der Waals surface area contributed by atoms with E-state index in [1.807, 2.05) is 24.3 Å². The number of benzene rings is 2. The van der Waals surface area contributed by atoms with E-state index in [0.29, 0.717) is 26.1 Å². The highest BCUT2D eigenvalue weighted by molar-refractivity contribution is 7.21. The van der Waals surface area contributed by atoms with Gasteiger partial charge in [0, 0.05) is 16.8 Å². The number of nitrogens with zero attached hydrogens (tertiary/aromatic N) is 1. The van der Waals surface area contributed by atoms with Gasteiger partial charge in [-0.25, -0.2) is 4.98 Å². The molecule has 26 heavy (non-hydrogen) atoms. The first-order chi connectivity index (χ1) is 12.6. The van der Waals surface area contributed by atoms with Crippen LogP contribution in [0.1, 0.15) is 9.67 Å². The van der Waals surface area contributed by atoms with Gasteiger partial charge < -0.3 is 15.8 Å². The van der Waals surface area contributed by atoms with Crippen molar-refractivity contribution >= 4 is 61.3 Å².